The molecule has 0 unspecified atom stereocenters. The number of aryl methyl sites for hydroxylation is 1. The van der Waals surface area contributed by atoms with Crippen LogP contribution in [-0.2, 0) is 11.3 Å². The molecule has 5 rings (SSSR count). The molecule has 2 aromatic heterocycles. The van der Waals surface area contributed by atoms with Gasteiger partial charge < -0.3 is 24.5 Å². The Morgan fingerprint density at radius 3 is 2.43 bits per heavy atom. The number of rotatable bonds is 7. The Morgan fingerprint density at radius 1 is 1.17 bits per heavy atom. The van der Waals surface area contributed by atoms with E-state index in [0.717, 1.165) is 16.6 Å². The molecule has 8 nitrogen and oxygen atoms in total. The lowest BCUT2D eigenvalue weighted by Gasteiger charge is -2.46. The van der Waals surface area contributed by atoms with Crippen LogP contribution < -0.4 is 15.6 Å². The number of methoxy groups -OCH3 is 1. The van der Waals surface area contributed by atoms with Crippen LogP contribution in [0.25, 0.3) is 10.9 Å². The molecule has 1 saturated heterocycles. The lowest BCUT2D eigenvalue weighted by Crippen LogP contribution is -2.57. The summed E-state index contributed by atoms with van der Waals surface area (Å²) in [6, 6.07) is 9.24. The molecule has 0 radical (unpaired) electrons. The zero-order valence-electron chi connectivity index (χ0n) is 24.4. The number of H-pyrrole nitrogens is 1. The van der Waals surface area contributed by atoms with Crippen LogP contribution in [0.5, 0.6) is 5.75 Å². The first-order valence-electron chi connectivity index (χ1n) is 14.4. The highest BCUT2D eigenvalue weighted by Crippen LogP contribution is 2.54. The molecule has 226 valence electrons. The molecule has 1 aromatic carbocycles. The van der Waals surface area contributed by atoms with E-state index in [2.05, 4.69) is 21.8 Å². The van der Waals surface area contributed by atoms with E-state index < -0.39 is 17.5 Å². The molecule has 1 atom stereocenters. The third kappa shape index (κ3) is 4.96. The monoisotopic (exact) mass is 586 g/mol. The Morgan fingerprint density at radius 2 is 1.83 bits per heavy atom. The van der Waals surface area contributed by atoms with Gasteiger partial charge in [0, 0.05) is 41.4 Å². The van der Waals surface area contributed by atoms with Gasteiger partial charge in [0.05, 0.1) is 24.8 Å². The van der Waals surface area contributed by atoms with E-state index in [9.17, 15) is 27.6 Å². The van der Waals surface area contributed by atoms with Crippen LogP contribution in [0.4, 0.5) is 13.2 Å². The standard InChI is InChI=1S/C31H37F3N4O4/c1-18-16-25(42-4)23(27(39)36-18)17-35-28(40)26-20(3)38(24-9-6-5-8-22(24)26)19(2)21-10-14-37(15-11-21)29(41)30(12-7-13-30)31(32,33)34/h5-6,8-9,16,19,21H,7,10-15,17H2,1-4H3,(H,35,40)(H,36,39)/t19-/m1/s1. The number of ether oxygens (including phenoxy) is 1. The van der Waals surface area contributed by atoms with E-state index in [1.54, 1.807) is 13.0 Å². The summed E-state index contributed by atoms with van der Waals surface area (Å²) in [4.78, 5) is 43.2. The quantitative estimate of drug-likeness (QED) is 0.387. The number of halogens is 3. The van der Waals surface area contributed by atoms with Gasteiger partial charge in [-0.2, -0.15) is 13.2 Å². The van der Waals surface area contributed by atoms with Crippen LogP contribution in [0.1, 0.15) is 72.4 Å². The average molecular weight is 587 g/mol. The number of hydrogen-bond acceptors (Lipinski definition) is 4. The number of nitrogens with one attached hydrogen (secondary N) is 2. The molecule has 1 saturated carbocycles. The minimum atomic E-state index is -4.53. The minimum Gasteiger partial charge on any atom is -0.496 e. The molecular formula is C31H37F3N4O4. The second-order valence-corrected chi connectivity index (χ2v) is 11.7. The highest BCUT2D eigenvalue weighted by molar-refractivity contribution is 6.08. The number of nitrogens with zero attached hydrogens (tertiary/aromatic N) is 2. The van der Waals surface area contributed by atoms with Crippen molar-refractivity contribution in [2.24, 2.45) is 11.3 Å². The number of aromatic amines is 1. The van der Waals surface area contributed by atoms with Crippen molar-refractivity contribution in [3.05, 3.63) is 63.2 Å². The largest absolute Gasteiger partial charge is 0.496 e. The van der Waals surface area contributed by atoms with Gasteiger partial charge in [0.2, 0.25) is 5.91 Å². The van der Waals surface area contributed by atoms with Crippen LogP contribution in [0.15, 0.2) is 35.1 Å². The third-order valence-electron chi connectivity index (χ3n) is 9.33. The number of carbonyl (C=O) groups excluding carboxylic acids is 2. The number of benzene rings is 1. The summed E-state index contributed by atoms with van der Waals surface area (Å²) in [5.41, 5.74) is 0.568. The number of hydrogen-bond donors (Lipinski definition) is 2. The molecule has 0 spiro atoms. The molecule has 2 amide bonds. The van der Waals surface area contributed by atoms with Gasteiger partial charge in [-0.05, 0) is 64.5 Å². The van der Waals surface area contributed by atoms with Crippen molar-refractivity contribution < 1.29 is 27.5 Å². The van der Waals surface area contributed by atoms with Crippen molar-refractivity contribution in [1.29, 1.82) is 0 Å². The maximum atomic E-state index is 13.8. The maximum Gasteiger partial charge on any atom is 0.403 e. The van der Waals surface area contributed by atoms with Gasteiger partial charge in [0.1, 0.15) is 11.2 Å². The van der Waals surface area contributed by atoms with Crippen molar-refractivity contribution in [1.82, 2.24) is 19.8 Å². The molecule has 2 fully saturated rings. The summed E-state index contributed by atoms with van der Waals surface area (Å²) >= 11 is 0. The zero-order valence-corrected chi connectivity index (χ0v) is 24.4. The zero-order chi connectivity index (χ0) is 30.4. The third-order valence-corrected chi connectivity index (χ3v) is 9.33. The van der Waals surface area contributed by atoms with Gasteiger partial charge in [-0.25, -0.2) is 0 Å². The summed E-state index contributed by atoms with van der Waals surface area (Å²) < 4.78 is 48.8. The van der Waals surface area contributed by atoms with Gasteiger partial charge in [-0.1, -0.05) is 24.6 Å². The number of alkyl halides is 3. The van der Waals surface area contributed by atoms with Crippen LogP contribution in [0, 0.1) is 25.2 Å². The summed E-state index contributed by atoms with van der Waals surface area (Å²) in [6.07, 6.45) is -3.21. The number of carbonyl (C=O) groups is 2. The maximum absolute atomic E-state index is 13.8. The number of aromatic nitrogens is 2. The van der Waals surface area contributed by atoms with E-state index in [4.69, 9.17) is 4.74 Å². The molecule has 3 heterocycles. The summed E-state index contributed by atoms with van der Waals surface area (Å²) in [5, 5.41) is 3.65. The topological polar surface area (TPSA) is 96.4 Å². The van der Waals surface area contributed by atoms with Crippen LogP contribution in [-0.4, -0.2) is 52.6 Å². The van der Waals surface area contributed by atoms with Crippen LogP contribution in [0.2, 0.25) is 0 Å². The van der Waals surface area contributed by atoms with E-state index in [1.165, 1.54) is 12.0 Å². The molecule has 2 N–H and O–H groups in total. The normalized spacial score (nSPS) is 18.0. The van der Waals surface area contributed by atoms with Gasteiger partial charge in [0.15, 0.2) is 0 Å². The van der Waals surface area contributed by atoms with Crippen LogP contribution >= 0.6 is 0 Å². The number of piperidine rings is 1. The molecule has 42 heavy (non-hydrogen) atoms. The van der Waals surface area contributed by atoms with Crippen molar-refractivity contribution >= 4 is 22.7 Å². The first kappa shape index (κ1) is 29.7. The highest BCUT2D eigenvalue weighted by atomic mass is 19.4. The fourth-order valence-electron chi connectivity index (χ4n) is 6.74. The van der Waals surface area contributed by atoms with E-state index in [-0.39, 0.29) is 55.9 Å². The van der Waals surface area contributed by atoms with E-state index >= 15 is 0 Å². The Kier molecular flexibility index (Phi) is 7.89. The average Bonchev–Trinajstić information content (AvgIpc) is 3.21. The lowest BCUT2D eigenvalue weighted by molar-refractivity contribution is -0.249. The fourth-order valence-corrected chi connectivity index (χ4v) is 6.74. The second kappa shape index (κ2) is 11.1. The molecular weight excluding hydrogens is 549 g/mol. The van der Waals surface area contributed by atoms with Crippen molar-refractivity contribution in [3.63, 3.8) is 0 Å². The molecule has 0 bridgehead atoms. The Labute approximate surface area is 242 Å². The number of para-hydroxylation sites is 1. The minimum absolute atomic E-state index is 0.0158. The molecule has 11 heteroatoms. The number of fused-ring (bicyclic) bond motifs is 1. The lowest BCUT2D eigenvalue weighted by atomic mass is 9.67. The number of amides is 2. The molecule has 3 aromatic rings. The van der Waals surface area contributed by atoms with Crippen molar-refractivity contribution in [2.45, 2.75) is 71.6 Å². The first-order chi connectivity index (χ1) is 19.9. The number of pyridine rings is 1. The van der Waals surface area contributed by atoms with E-state index in [0.29, 0.717) is 41.8 Å². The summed E-state index contributed by atoms with van der Waals surface area (Å²) in [7, 11) is 1.47. The Bertz CT molecular complexity index is 1560. The van der Waals surface area contributed by atoms with E-state index in [1.807, 2.05) is 31.2 Å². The molecule has 1 aliphatic carbocycles. The second-order valence-electron chi connectivity index (χ2n) is 11.7. The summed E-state index contributed by atoms with van der Waals surface area (Å²) in [5.74, 6) is -0.598. The van der Waals surface area contributed by atoms with Gasteiger partial charge >= 0.3 is 6.18 Å². The predicted octanol–water partition coefficient (Wildman–Crippen LogP) is 5.42. The summed E-state index contributed by atoms with van der Waals surface area (Å²) in [6.45, 7) is 6.24. The van der Waals surface area contributed by atoms with Crippen molar-refractivity contribution in [2.75, 3.05) is 20.2 Å². The van der Waals surface area contributed by atoms with Crippen LogP contribution in [0.3, 0.4) is 0 Å². The van der Waals surface area contributed by atoms with Crippen molar-refractivity contribution in [3.8, 4) is 5.75 Å². The Balaban J connectivity index is 1.35. The molecule has 2 aliphatic rings. The SMILES string of the molecule is COc1cc(C)[nH]c(=O)c1CNC(=O)c1c(C)n([C@H](C)C2CCN(C(=O)C3(C(F)(F)F)CCC3)CC2)c2ccccc12. The Hall–Kier alpha value is -3.76. The van der Waals surface area contributed by atoms with Gasteiger partial charge in [-0.15, -0.1) is 0 Å². The van der Waals surface area contributed by atoms with Gasteiger partial charge in [0.25, 0.3) is 11.5 Å². The first-order valence-corrected chi connectivity index (χ1v) is 14.4. The molecule has 1 aliphatic heterocycles. The smallest absolute Gasteiger partial charge is 0.403 e. The predicted molar refractivity (Wildman–Crippen MR) is 153 cm³/mol. The fraction of sp³-hybridized carbons (Fsp3) is 0.516. The highest BCUT2D eigenvalue weighted by Gasteiger charge is 2.64. The number of likely N-dealkylation sites (tertiary alicyclic amines) is 1. The van der Waals surface area contributed by atoms with Gasteiger partial charge in [-0.3, -0.25) is 14.4 Å².